The molecule has 0 saturated carbocycles. The molecule has 3 heterocycles. The first-order valence-corrected chi connectivity index (χ1v) is 28.6. The summed E-state index contributed by atoms with van der Waals surface area (Å²) in [5, 5.41) is 19.5. The van der Waals surface area contributed by atoms with Gasteiger partial charge in [-0.15, -0.1) is 0 Å². The van der Waals surface area contributed by atoms with E-state index < -0.39 is 71.7 Å². The molecule has 83 heavy (non-hydrogen) atoms. The number of carbonyl (C=O) groups is 7. The minimum atomic E-state index is -1.36. The average molecular weight is 1140 g/mol. The van der Waals surface area contributed by atoms with Gasteiger partial charge in [0.15, 0.2) is 11.9 Å². The highest BCUT2D eigenvalue weighted by Crippen LogP contribution is 2.23. The van der Waals surface area contributed by atoms with Gasteiger partial charge in [-0.1, -0.05) is 87.2 Å². The van der Waals surface area contributed by atoms with Crippen LogP contribution in [0, 0.1) is 0 Å². The molecule has 7 amide bonds. The van der Waals surface area contributed by atoms with E-state index in [0.717, 1.165) is 70.4 Å². The van der Waals surface area contributed by atoms with E-state index in [1.807, 2.05) is 72.8 Å². The van der Waals surface area contributed by atoms with Crippen molar-refractivity contribution >= 4 is 86.0 Å². The first-order valence-electron chi connectivity index (χ1n) is 28.6. The molecule has 0 aliphatic carbocycles. The summed E-state index contributed by atoms with van der Waals surface area (Å²) >= 11 is 0. The van der Waals surface area contributed by atoms with E-state index in [9.17, 15) is 33.6 Å². The third-order valence-corrected chi connectivity index (χ3v) is 14.5. The number of para-hydroxylation sites is 3. The van der Waals surface area contributed by atoms with Gasteiger partial charge in [-0.25, -0.2) is 0 Å². The Balaban J connectivity index is 1.23. The minimum Gasteiger partial charge on any atom is -0.370 e. The maximum atomic E-state index is 15.0. The molecule has 0 unspecified atom stereocenters. The van der Waals surface area contributed by atoms with Crippen LogP contribution < -0.4 is 66.3 Å². The smallest absolute Gasteiger partial charge is 0.243 e. The lowest BCUT2D eigenvalue weighted by Crippen LogP contribution is -2.60. The van der Waals surface area contributed by atoms with Gasteiger partial charge in [0, 0.05) is 90.2 Å². The van der Waals surface area contributed by atoms with Gasteiger partial charge in [0.05, 0.1) is 6.04 Å². The number of primary amides is 1. The number of hydrogen-bond donors (Lipinski definition) is 15. The number of aliphatic imine (C=N–C) groups is 2. The lowest BCUT2D eigenvalue weighted by molar-refractivity contribution is -0.135. The fourth-order valence-corrected chi connectivity index (χ4v) is 9.97. The number of unbranched alkanes of at least 4 members (excludes halogenated alkanes) is 5. The average Bonchev–Trinajstić information content (AvgIpc) is 4.39. The Morgan fingerprint density at radius 3 is 1.31 bits per heavy atom. The monoisotopic (exact) mass is 1140 g/mol. The molecule has 0 saturated heterocycles. The second kappa shape index (κ2) is 32.5. The predicted octanol–water partition coefficient (Wildman–Crippen LogP) is 2.15. The lowest BCUT2D eigenvalue weighted by atomic mass is 10.0. The fourth-order valence-electron chi connectivity index (χ4n) is 9.97. The standard InChI is InChI=1S/C59H83N17O7/c1-2-3-4-5-6-26-51(77)66-27-14-13-23-46(52(61)78)72-56(82)49(31-37-34-70-44-21-11-8-18-40(37)44)75-55(81)48(25-16-29-68-59(64)65)74-57(83)50(32-38-35-71-45-22-12-9-19-41(38)45)76-54(80)47(24-15-28-67-58(62)63)73-53(79)42(60)30-36-33-69-43-20-10-7-17-39(36)43/h7-12,17-22,33-35,42,46-50,69-71H,2-6,13-16,23-32,60H2,1H3,(H2,61,78)(H,66,77)(H,72,82)(H,73,79)(H,74,83)(H,75,81)(H,76,80)(H4,62,63,67)(H4,64,65,68)/t42-,46-,47+,48+,49+,50+/m0/s1. The van der Waals surface area contributed by atoms with Gasteiger partial charge in [-0.3, -0.25) is 43.5 Å². The molecule has 24 heteroatoms. The van der Waals surface area contributed by atoms with E-state index in [1.165, 1.54) is 0 Å². The summed E-state index contributed by atoms with van der Waals surface area (Å²) in [5.41, 5.74) is 39.4. The number of nitrogens with one attached hydrogen (secondary N) is 9. The van der Waals surface area contributed by atoms with Crippen LogP contribution >= 0.6 is 0 Å². The Morgan fingerprint density at radius 2 is 0.855 bits per heavy atom. The van der Waals surface area contributed by atoms with Crippen molar-refractivity contribution in [3.63, 3.8) is 0 Å². The SMILES string of the molecule is CCCCCCCC(=O)NCCCC[C@H](NC(=O)[C@@H](Cc1c[nH]c2ccccc12)NC(=O)[C@@H](CCCN=C(N)N)NC(=O)[C@@H](Cc1c[nH]c2ccccc12)NC(=O)[C@@H](CCCN=C(N)N)NC(=O)[C@@H](N)Cc1c[nH]c2ccccc12)C(N)=O. The van der Waals surface area contributed by atoms with Gasteiger partial charge in [0.1, 0.15) is 30.2 Å². The summed E-state index contributed by atoms with van der Waals surface area (Å²) in [4.78, 5) is 116. The normalized spacial score (nSPS) is 13.4. The van der Waals surface area contributed by atoms with Crippen LogP contribution in [0.4, 0.5) is 0 Å². The molecule has 0 spiro atoms. The molecule has 6 atom stereocenters. The van der Waals surface area contributed by atoms with Gasteiger partial charge in [-0.05, 0) is 92.7 Å². The Hall–Kier alpha value is -8.93. The van der Waals surface area contributed by atoms with Crippen molar-refractivity contribution in [2.45, 2.75) is 146 Å². The number of nitrogens with two attached hydrogens (primary N) is 6. The second-order valence-corrected chi connectivity index (χ2v) is 20.9. The largest absolute Gasteiger partial charge is 0.370 e. The van der Waals surface area contributed by atoms with E-state index in [0.29, 0.717) is 36.9 Å². The van der Waals surface area contributed by atoms with Crippen molar-refractivity contribution in [1.29, 1.82) is 0 Å². The maximum Gasteiger partial charge on any atom is 0.243 e. The minimum absolute atomic E-state index is 0.0410. The molecule has 0 aliphatic rings. The van der Waals surface area contributed by atoms with E-state index in [-0.39, 0.29) is 82.3 Å². The zero-order chi connectivity index (χ0) is 59.7. The molecule has 0 bridgehead atoms. The molecule has 0 fully saturated rings. The number of benzene rings is 3. The summed E-state index contributed by atoms with van der Waals surface area (Å²) < 4.78 is 0. The fraction of sp³-hybridized carbons (Fsp3) is 0.441. The molecule has 21 N–H and O–H groups in total. The number of guanidine groups is 2. The number of amides is 7. The number of aromatic amines is 3. The Labute approximate surface area is 482 Å². The first kappa shape index (κ1) is 63.3. The van der Waals surface area contributed by atoms with Gasteiger partial charge in [0.2, 0.25) is 41.4 Å². The Morgan fingerprint density at radius 1 is 0.458 bits per heavy atom. The van der Waals surface area contributed by atoms with Crippen LogP contribution in [-0.4, -0.2) is 124 Å². The third-order valence-electron chi connectivity index (χ3n) is 14.5. The van der Waals surface area contributed by atoms with Gasteiger partial charge < -0.3 is 81.3 Å². The van der Waals surface area contributed by atoms with Crippen molar-refractivity contribution in [3.8, 4) is 0 Å². The molecular weight excluding hydrogens is 1060 g/mol. The van der Waals surface area contributed by atoms with Crippen molar-refractivity contribution in [2.75, 3.05) is 19.6 Å². The summed E-state index contributed by atoms with van der Waals surface area (Å²) in [6.07, 6.45) is 12.4. The summed E-state index contributed by atoms with van der Waals surface area (Å²) in [6.45, 7) is 2.72. The summed E-state index contributed by atoms with van der Waals surface area (Å²) in [6, 6.07) is 14.9. The molecule has 446 valence electrons. The molecule has 0 aliphatic heterocycles. The van der Waals surface area contributed by atoms with Crippen LogP contribution in [0.3, 0.4) is 0 Å². The molecule has 3 aromatic carbocycles. The molecule has 6 aromatic rings. The molecule has 3 aromatic heterocycles. The quantitative estimate of drug-likeness (QED) is 0.0153. The number of fused-ring (bicyclic) bond motifs is 3. The van der Waals surface area contributed by atoms with Crippen LogP contribution in [0.15, 0.2) is 101 Å². The molecule has 24 nitrogen and oxygen atoms in total. The number of hydrogen-bond acceptors (Lipinski definition) is 10. The molecule has 6 rings (SSSR count). The van der Waals surface area contributed by atoms with Crippen LogP contribution in [-0.2, 0) is 52.8 Å². The third kappa shape index (κ3) is 19.9. The van der Waals surface area contributed by atoms with Crippen LogP contribution in [0.5, 0.6) is 0 Å². The first-order chi connectivity index (χ1) is 40.0. The van der Waals surface area contributed by atoms with E-state index in [2.05, 4.69) is 63.8 Å². The summed E-state index contributed by atoms with van der Waals surface area (Å²) in [7, 11) is 0. The zero-order valence-corrected chi connectivity index (χ0v) is 47.3. The van der Waals surface area contributed by atoms with E-state index >= 15 is 0 Å². The highest BCUT2D eigenvalue weighted by molar-refractivity contribution is 5.98. The highest BCUT2D eigenvalue weighted by Gasteiger charge is 2.34. The van der Waals surface area contributed by atoms with Crippen LogP contribution in [0.1, 0.15) is 107 Å². The summed E-state index contributed by atoms with van der Waals surface area (Å²) in [5.74, 6) is -4.79. The predicted molar refractivity (Wildman–Crippen MR) is 323 cm³/mol. The van der Waals surface area contributed by atoms with Crippen molar-refractivity contribution < 1.29 is 33.6 Å². The van der Waals surface area contributed by atoms with Gasteiger partial charge >= 0.3 is 0 Å². The van der Waals surface area contributed by atoms with Crippen LogP contribution in [0.25, 0.3) is 32.7 Å². The van der Waals surface area contributed by atoms with E-state index in [1.54, 1.807) is 18.6 Å². The van der Waals surface area contributed by atoms with Crippen molar-refractivity contribution in [1.82, 2.24) is 46.9 Å². The highest BCUT2D eigenvalue weighted by atomic mass is 16.2. The van der Waals surface area contributed by atoms with E-state index in [4.69, 9.17) is 34.4 Å². The number of carbonyl (C=O) groups excluding carboxylic acids is 7. The number of aromatic nitrogens is 3. The topological polar surface area (TPSA) is 420 Å². The number of H-pyrrole nitrogens is 3. The van der Waals surface area contributed by atoms with Gasteiger partial charge in [-0.2, -0.15) is 0 Å². The van der Waals surface area contributed by atoms with Crippen molar-refractivity contribution in [2.24, 2.45) is 44.4 Å². The van der Waals surface area contributed by atoms with Crippen LogP contribution in [0.2, 0.25) is 0 Å². The lowest BCUT2D eigenvalue weighted by Gasteiger charge is -2.27. The maximum absolute atomic E-state index is 15.0. The van der Waals surface area contributed by atoms with Gasteiger partial charge in [0.25, 0.3) is 0 Å². The Bertz CT molecular complexity index is 3170. The number of rotatable bonds is 36. The molecule has 0 radical (unpaired) electrons. The van der Waals surface area contributed by atoms with Crippen molar-refractivity contribution in [3.05, 3.63) is 108 Å². The number of nitrogens with zero attached hydrogens (tertiary/aromatic N) is 2. The zero-order valence-electron chi connectivity index (χ0n) is 47.3. The second-order valence-electron chi connectivity index (χ2n) is 20.9. The molecular formula is C59H83N17O7. The Kier molecular flexibility index (Phi) is 24.8.